The Balaban J connectivity index is 1.31. The molecule has 0 bridgehead atoms. The Hall–Kier alpha value is -4.01. The summed E-state index contributed by atoms with van der Waals surface area (Å²) < 4.78 is 48.7. The topological polar surface area (TPSA) is 115 Å². The molecule has 12 heteroatoms. The van der Waals surface area contributed by atoms with Crippen molar-refractivity contribution in [2.45, 2.75) is 71.3 Å². The van der Waals surface area contributed by atoms with Crippen LogP contribution in [0.5, 0.6) is 0 Å². The summed E-state index contributed by atoms with van der Waals surface area (Å²) in [6.07, 6.45) is 0.862. The van der Waals surface area contributed by atoms with Crippen molar-refractivity contribution in [3.63, 3.8) is 0 Å². The van der Waals surface area contributed by atoms with Crippen molar-refractivity contribution in [2.24, 2.45) is 5.41 Å². The van der Waals surface area contributed by atoms with Crippen molar-refractivity contribution in [3.8, 4) is 17.3 Å². The SMILES string of the molecule is Cc1c(Cn2cc(-c3nn([C@H]4C[C@@]5(CCN(C(=O)OC(C)(C)C)C5)C4)c(N)c3C#N)cn2)cccc1C(F)(F)F. The monoisotopic (exact) mass is 555 g/mol. The Morgan fingerprint density at radius 1 is 1.27 bits per heavy atom. The molecule has 9 nitrogen and oxygen atoms in total. The molecule has 1 aromatic carbocycles. The summed E-state index contributed by atoms with van der Waals surface area (Å²) in [5.41, 5.74) is 6.92. The van der Waals surface area contributed by atoms with E-state index >= 15 is 0 Å². The largest absolute Gasteiger partial charge is 0.444 e. The van der Waals surface area contributed by atoms with Crippen LogP contribution in [-0.4, -0.2) is 49.2 Å². The number of aromatic nitrogens is 4. The summed E-state index contributed by atoms with van der Waals surface area (Å²) >= 11 is 0. The second-order valence-electron chi connectivity index (χ2n) is 11.9. The van der Waals surface area contributed by atoms with Crippen molar-refractivity contribution in [1.29, 1.82) is 5.26 Å². The van der Waals surface area contributed by atoms with Gasteiger partial charge in [-0.25, -0.2) is 9.48 Å². The van der Waals surface area contributed by atoms with E-state index in [4.69, 9.17) is 10.5 Å². The molecule has 0 atom stereocenters. The van der Waals surface area contributed by atoms with Crippen LogP contribution >= 0.6 is 0 Å². The molecule has 0 radical (unpaired) electrons. The first-order valence-electron chi connectivity index (χ1n) is 13.1. The number of carbonyl (C=O) groups is 1. The molecular weight excluding hydrogens is 523 g/mol. The van der Waals surface area contributed by atoms with Gasteiger partial charge in [0.25, 0.3) is 0 Å². The van der Waals surface area contributed by atoms with Crippen LogP contribution in [0, 0.1) is 23.7 Å². The fourth-order valence-electron chi connectivity index (χ4n) is 5.81. The minimum Gasteiger partial charge on any atom is -0.444 e. The van der Waals surface area contributed by atoms with E-state index in [0.717, 1.165) is 25.3 Å². The molecule has 2 aliphatic rings. The van der Waals surface area contributed by atoms with Gasteiger partial charge in [0.2, 0.25) is 0 Å². The molecule has 1 amide bonds. The van der Waals surface area contributed by atoms with Gasteiger partial charge in [-0.1, -0.05) is 12.1 Å². The van der Waals surface area contributed by atoms with E-state index in [1.54, 1.807) is 21.8 Å². The second kappa shape index (κ2) is 9.57. The predicted molar refractivity (Wildman–Crippen MR) is 141 cm³/mol. The second-order valence-corrected chi connectivity index (χ2v) is 11.9. The van der Waals surface area contributed by atoms with E-state index in [2.05, 4.69) is 16.3 Å². The van der Waals surface area contributed by atoms with Crippen LogP contribution in [0.2, 0.25) is 0 Å². The van der Waals surface area contributed by atoms with E-state index in [0.29, 0.717) is 29.9 Å². The van der Waals surface area contributed by atoms with Gasteiger partial charge in [-0.15, -0.1) is 0 Å². The summed E-state index contributed by atoms with van der Waals surface area (Å²) in [6.45, 7) is 8.36. The highest BCUT2D eigenvalue weighted by Crippen LogP contribution is 2.55. The number of nitriles is 1. The van der Waals surface area contributed by atoms with Gasteiger partial charge in [0.15, 0.2) is 0 Å². The van der Waals surface area contributed by atoms with Crippen LogP contribution in [0.25, 0.3) is 11.3 Å². The lowest BCUT2D eigenvalue weighted by atomic mass is 9.65. The third-order valence-electron chi connectivity index (χ3n) is 7.82. The van der Waals surface area contributed by atoms with Gasteiger partial charge in [0.05, 0.1) is 24.3 Å². The highest BCUT2D eigenvalue weighted by molar-refractivity contribution is 5.72. The first kappa shape index (κ1) is 27.6. The number of nitrogens with zero attached hydrogens (tertiary/aromatic N) is 6. The normalized spacial score (nSPS) is 20.9. The van der Waals surface area contributed by atoms with Crippen molar-refractivity contribution in [2.75, 3.05) is 18.8 Å². The van der Waals surface area contributed by atoms with Crippen LogP contribution in [0.4, 0.5) is 23.8 Å². The number of hydrogen-bond donors (Lipinski definition) is 1. The fraction of sp³-hybridized carbons (Fsp3) is 0.500. The quantitative estimate of drug-likeness (QED) is 0.452. The summed E-state index contributed by atoms with van der Waals surface area (Å²) in [5.74, 6) is 0.265. The number of likely N-dealkylation sites (tertiary alicyclic amines) is 1. The molecule has 2 fully saturated rings. The first-order chi connectivity index (χ1) is 18.7. The Morgan fingerprint density at radius 2 is 2.00 bits per heavy atom. The number of hydrogen-bond acceptors (Lipinski definition) is 6. The zero-order valence-corrected chi connectivity index (χ0v) is 22.9. The Bertz CT molecular complexity index is 1490. The number of rotatable bonds is 4. The van der Waals surface area contributed by atoms with Gasteiger partial charge in [0, 0.05) is 24.8 Å². The Kier molecular flexibility index (Phi) is 6.59. The number of ether oxygens (including phenoxy) is 1. The molecule has 212 valence electrons. The zero-order valence-electron chi connectivity index (χ0n) is 22.9. The molecule has 1 saturated heterocycles. The van der Waals surface area contributed by atoms with Crippen LogP contribution in [0.15, 0.2) is 30.6 Å². The number of halogens is 3. The zero-order chi connectivity index (χ0) is 29.0. The Morgan fingerprint density at radius 3 is 2.65 bits per heavy atom. The standard InChI is InChI=1S/C28H32F3N7O2/c1-17-18(6-5-7-22(17)28(29,30)31)14-37-15-19(13-34-37)23-21(12-32)24(33)38(35-23)20-10-27(11-20)8-9-36(16-27)25(39)40-26(2,3)4/h5-7,13,15,20H,8-11,14,16,33H2,1-4H3/t20-,27-. The maximum atomic E-state index is 13.3. The molecular formula is C28H32F3N7O2. The molecule has 3 heterocycles. The molecule has 1 spiro atoms. The smallest absolute Gasteiger partial charge is 0.416 e. The molecule has 1 aliphatic carbocycles. The van der Waals surface area contributed by atoms with E-state index in [9.17, 15) is 23.2 Å². The number of nitrogens with two attached hydrogens (primary N) is 1. The van der Waals surface area contributed by atoms with E-state index in [1.165, 1.54) is 23.9 Å². The first-order valence-corrected chi connectivity index (χ1v) is 13.1. The van der Waals surface area contributed by atoms with E-state index in [1.807, 2.05) is 20.8 Å². The van der Waals surface area contributed by atoms with Crippen LogP contribution in [0.3, 0.4) is 0 Å². The van der Waals surface area contributed by atoms with E-state index in [-0.39, 0.29) is 41.0 Å². The number of alkyl halides is 3. The van der Waals surface area contributed by atoms with E-state index < -0.39 is 17.3 Å². The van der Waals surface area contributed by atoms with Crippen LogP contribution in [-0.2, 0) is 17.5 Å². The van der Waals surface area contributed by atoms with Gasteiger partial charge in [-0.2, -0.15) is 28.6 Å². The summed E-state index contributed by atoms with van der Waals surface area (Å²) in [5, 5.41) is 18.8. The number of amides is 1. The molecule has 1 saturated carbocycles. The molecule has 2 aromatic heterocycles. The van der Waals surface area contributed by atoms with Gasteiger partial charge < -0.3 is 15.4 Å². The van der Waals surface area contributed by atoms with Crippen molar-refractivity contribution >= 4 is 11.9 Å². The third kappa shape index (κ3) is 5.12. The number of benzene rings is 1. The molecule has 5 rings (SSSR count). The van der Waals surface area contributed by atoms with Crippen LogP contribution < -0.4 is 5.73 Å². The van der Waals surface area contributed by atoms with Crippen molar-refractivity contribution in [1.82, 2.24) is 24.5 Å². The maximum absolute atomic E-state index is 13.3. The van der Waals surface area contributed by atoms with Gasteiger partial charge in [0.1, 0.15) is 28.7 Å². The molecule has 3 aromatic rings. The number of nitrogen functional groups attached to an aromatic ring is 1. The lowest BCUT2D eigenvalue weighted by Crippen LogP contribution is -2.43. The highest BCUT2D eigenvalue weighted by atomic mass is 19.4. The lowest BCUT2D eigenvalue weighted by molar-refractivity contribution is -0.138. The maximum Gasteiger partial charge on any atom is 0.416 e. The summed E-state index contributed by atoms with van der Waals surface area (Å²) in [4.78, 5) is 14.3. The lowest BCUT2D eigenvalue weighted by Gasteiger charge is -2.45. The Labute approximate surface area is 230 Å². The van der Waals surface area contributed by atoms with Crippen molar-refractivity contribution in [3.05, 3.63) is 52.8 Å². The van der Waals surface area contributed by atoms with Gasteiger partial charge >= 0.3 is 12.3 Å². The third-order valence-corrected chi connectivity index (χ3v) is 7.82. The molecule has 0 unspecified atom stereocenters. The average molecular weight is 556 g/mol. The van der Waals surface area contributed by atoms with Crippen LogP contribution in [0.1, 0.15) is 68.3 Å². The number of anilines is 1. The summed E-state index contributed by atoms with van der Waals surface area (Å²) in [7, 11) is 0. The molecule has 1 aliphatic heterocycles. The van der Waals surface area contributed by atoms with Crippen molar-refractivity contribution < 1.29 is 22.7 Å². The number of carbonyl (C=O) groups excluding carboxylic acids is 1. The fourth-order valence-corrected chi connectivity index (χ4v) is 5.81. The highest BCUT2D eigenvalue weighted by Gasteiger charge is 2.51. The summed E-state index contributed by atoms with van der Waals surface area (Å²) in [6, 6.07) is 6.21. The molecule has 40 heavy (non-hydrogen) atoms. The minimum atomic E-state index is -4.44. The average Bonchev–Trinajstić information content (AvgIpc) is 3.55. The molecule has 2 N–H and O–H groups in total. The van der Waals surface area contributed by atoms with Gasteiger partial charge in [-0.3, -0.25) is 4.68 Å². The minimum absolute atomic E-state index is 0.0118. The predicted octanol–water partition coefficient (Wildman–Crippen LogP) is 5.54. The van der Waals surface area contributed by atoms with Gasteiger partial charge in [-0.05, 0) is 69.6 Å².